The third kappa shape index (κ3) is 3.68. The Kier molecular flexibility index (Phi) is 4.83. The summed E-state index contributed by atoms with van der Waals surface area (Å²) in [5, 5.41) is 0.781. The molecule has 1 atom stereocenters. The summed E-state index contributed by atoms with van der Waals surface area (Å²) < 4.78 is 49.9. The number of carbonyl (C=O) groups excluding carboxylic acids is 1. The van der Waals surface area contributed by atoms with Gasteiger partial charge in [-0.15, -0.1) is 0 Å². The minimum atomic E-state index is -4.49. The lowest BCUT2D eigenvalue weighted by atomic mass is 9.94. The second-order valence-electron chi connectivity index (χ2n) is 7.96. The number of nitrogens with one attached hydrogen (secondary N) is 1. The summed E-state index contributed by atoms with van der Waals surface area (Å²) in [6.45, 7) is 1.03. The van der Waals surface area contributed by atoms with Crippen molar-refractivity contribution in [3.05, 3.63) is 59.6 Å². The highest BCUT2D eigenvalue weighted by Crippen LogP contribution is 2.33. The third-order valence-electron chi connectivity index (χ3n) is 5.87. The number of fused-ring (bicyclic) bond motifs is 2. The van der Waals surface area contributed by atoms with Crippen molar-refractivity contribution < 1.29 is 27.1 Å². The first-order valence-corrected chi connectivity index (χ1v) is 10.3. The van der Waals surface area contributed by atoms with Crippen LogP contribution in [-0.2, 0) is 6.18 Å². The van der Waals surface area contributed by atoms with Gasteiger partial charge in [-0.1, -0.05) is 0 Å². The number of ether oxygens (including phenoxy) is 1. The molecule has 0 bridgehead atoms. The van der Waals surface area contributed by atoms with Gasteiger partial charge in [0.05, 0.1) is 18.1 Å². The Hall–Kier alpha value is -3.49. The van der Waals surface area contributed by atoms with Crippen LogP contribution < -0.4 is 4.74 Å². The van der Waals surface area contributed by atoms with Gasteiger partial charge in [0.2, 0.25) is 0 Å². The lowest BCUT2D eigenvalue weighted by Gasteiger charge is -2.31. The smallest absolute Gasteiger partial charge is 0.433 e. The molecule has 4 aromatic rings. The van der Waals surface area contributed by atoms with Gasteiger partial charge < -0.3 is 19.0 Å². The molecule has 1 amide bonds. The molecule has 166 valence electrons. The van der Waals surface area contributed by atoms with Crippen molar-refractivity contribution in [3.8, 4) is 5.75 Å². The minimum absolute atomic E-state index is 0.0271. The predicted molar refractivity (Wildman–Crippen MR) is 112 cm³/mol. The molecular weight excluding hydrogens is 423 g/mol. The van der Waals surface area contributed by atoms with Crippen LogP contribution in [0.5, 0.6) is 5.75 Å². The van der Waals surface area contributed by atoms with E-state index < -0.39 is 11.9 Å². The first-order valence-electron chi connectivity index (χ1n) is 10.3. The van der Waals surface area contributed by atoms with E-state index in [1.807, 2.05) is 0 Å². The Morgan fingerprint density at radius 3 is 2.84 bits per heavy atom. The van der Waals surface area contributed by atoms with Crippen LogP contribution >= 0.6 is 0 Å². The zero-order valence-corrected chi connectivity index (χ0v) is 17.2. The zero-order chi connectivity index (χ0) is 22.5. The molecule has 1 aliphatic rings. The fraction of sp³-hybridized carbons (Fsp3) is 0.304. The van der Waals surface area contributed by atoms with Crippen molar-refractivity contribution in [1.29, 1.82) is 0 Å². The van der Waals surface area contributed by atoms with Crippen molar-refractivity contribution in [3.63, 3.8) is 0 Å². The highest BCUT2D eigenvalue weighted by atomic mass is 19.4. The van der Waals surface area contributed by atoms with Gasteiger partial charge in [-0.25, -0.2) is 4.98 Å². The standard InChI is InChI=1S/C23H20F3N3O3/c1-31-15-4-6-19-14(9-15)10-20(32-19)22(30)29-8-2-3-13(12-29)17-11-18-16(27-17)5-7-21(28-18)23(24,25)26/h4-7,9-11,13,27H,2-3,8,12H2,1H3/t13-/m1/s1. The fourth-order valence-electron chi connectivity index (χ4n) is 4.23. The summed E-state index contributed by atoms with van der Waals surface area (Å²) in [5.74, 6) is 0.692. The Labute approximate surface area is 181 Å². The summed E-state index contributed by atoms with van der Waals surface area (Å²) in [6, 6.07) is 11.0. The number of amides is 1. The van der Waals surface area contributed by atoms with Crippen LogP contribution in [0.4, 0.5) is 13.2 Å². The normalized spacial score (nSPS) is 17.2. The number of nitrogens with zero attached hydrogens (tertiary/aromatic N) is 2. The van der Waals surface area contributed by atoms with E-state index in [4.69, 9.17) is 9.15 Å². The SMILES string of the molecule is COc1ccc2oc(C(=O)N3CCC[C@@H](c4cc5nc(C(F)(F)F)ccc5[nH]4)C3)cc2c1. The van der Waals surface area contributed by atoms with Crippen molar-refractivity contribution in [2.24, 2.45) is 0 Å². The quantitative estimate of drug-likeness (QED) is 0.463. The van der Waals surface area contributed by atoms with Crippen molar-refractivity contribution in [1.82, 2.24) is 14.9 Å². The van der Waals surface area contributed by atoms with E-state index in [0.29, 0.717) is 29.9 Å². The van der Waals surface area contributed by atoms with Crippen LogP contribution in [0, 0.1) is 0 Å². The maximum absolute atomic E-state index is 13.1. The topological polar surface area (TPSA) is 71.4 Å². The van der Waals surface area contributed by atoms with Gasteiger partial charge in [0, 0.05) is 30.1 Å². The molecule has 0 saturated carbocycles. The number of carbonyl (C=O) groups is 1. The maximum Gasteiger partial charge on any atom is 0.433 e. The van der Waals surface area contributed by atoms with Gasteiger partial charge in [-0.3, -0.25) is 4.79 Å². The van der Waals surface area contributed by atoms with E-state index in [2.05, 4.69) is 9.97 Å². The third-order valence-corrected chi connectivity index (χ3v) is 5.87. The van der Waals surface area contributed by atoms with E-state index in [-0.39, 0.29) is 23.1 Å². The van der Waals surface area contributed by atoms with E-state index in [9.17, 15) is 18.0 Å². The Morgan fingerprint density at radius 1 is 1.22 bits per heavy atom. The number of aromatic nitrogens is 2. The van der Waals surface area contributed by atoms with E-state index >= 15 is 0 Å². The second kappa shape index (κ2) is 7.58. The van der Waals surface area contributed by atoms with Gasteiger partial charge in [0.25, 0.3) is 5.91 Å². The second-order valence-corrected chi connectivity index (χ2v) is 7.96. The van der Waals surface area contributed by atoms with Crippen molar-refractivity contribution in [2.75, 3.05) is 20.2 Å². The molecule has 0 unspecified atom stereocenters. The van der Waals surface area contributed by atoms with Crippen LogP contribution in [0.25, 0.3) is 22.0 Å². The number of aromatic amines is 1. The summed E-state index contributed by atoms with van der Waals surface area (Å²) in [5.41, 5.74) is 1.27. The lowest BCUT2D eigenvalue weighted by Crippen LogP contribution is -2.39. The summed E-state index contributed by atoms with van der Waals surface area (Å²) in [4.78, 5) is 21.7. The molecule has 0 spiro atoms. The Bertz CT molecular complexity index is 1310. The van der Waals surface area contributed by atoms with Gasteiger partial charge in [-0.2, -0.15) is 13.2 Å². The van der Waals surface area contributed by atoms with E-state index in [1.54, 1.807) is 42.3 Å². The van der Waals surface area contributed by atoms with Gasteiger partial charge in [0.15, 0.2) is 5.76 Å². The monoisotopic (exact) mass is 443 g/mol. The molecule has 1 N–H and O–H groups in total. The number of rotatable bonds is 3. The number of piperidine rings is 1. The average molecular weight is 443 g/mol. The average Bonchev–Trinajstić information content (AvgIpc) is 3.41. The van der Waals surface area contributed by atoms with Crippen LogP contribution in [0.3, 0.4) is 0 Å². The molecule has 3 aromatic heterocycles. The molecule has 4 heterocycles. The van der Waals surface area contributed by atoms with E-state index in [1.165, 1.54) is 6.07 Å². The molecular formula is C23H20F3N3O3. The maximum atomic E-state index is 13.1. The summed E-state index contributed by atoms with van der Waals surface area (Å²) in [7, 11) is 1.57. The van der Waals surface area contributed by atoms with Crippen LogP contribution in [0.15, 0.2) is 46.9 Å². The number of benzene rings is 1. The molecule has 0 radical (unpaired) electrons. The molecule has 1 aromatic carbocycles. The Balaban J connectivity index is 1.37. The first kappa shape index (κ1) is 20.4. The number of H-pyrrole nitrogens is 1. The molecule has 0 aliphatic carbocycles. The number of furan rings is 1. The molecule has 5 rings (SSSR count). The number of likely N-dealkylation sites (tertiary alicyclic amines) is 1. The van der Waals surface area contributed by atoms with E-state index in [0.717, 1.165) is 30.0 Å². The number of alkyl halides is 3. The van der Waals surface area contributed by atoms with Crippen LogP contribution in [0.2, 0.25) is 0 Å². The van der Waals surface area contributed by atoms with Crippen molar-refractivity contribution >= 4 is 27.9 Å². The summed E-state index contributed by atoms with van der Waals surface area (Å²) in [6.07, 6.45) is -2.89. The van der Waals surface area contributed by atoms with Gasteiger partial charge in [-0.05, 0) is 55.3 Å². The Morgan fingerprint density at radius 2 is 2.06 bits per heavy atom. The largest absolute Gasteiger partial charge is 0.497 e. The zero-order valence-electron chi connectivity index (χ0n) is 17.2. The number of methoxy groups -OCH3 is 1. The number of hydrogen-bond donors (Lipinski definition) is 1. The van der Waals surface area contributed by atoms with Crippen molar-refractivity contribution in [2.45, 2.75) is 24.9 Å². The fourth-order valence-corrected chi connectivity index (χ4v) is 4.23. The molecule has 1 saturated heterocycles. The number of halogens is 3. The highest BCUT2D eigenvalue weighted by Gasteiger charge is 2.33. The van der Waals surface area contributed by atoms with Crippen LogP contribution in [-0.4, -0.2) is 41.0 Å². The molecule has 1 aliphatic heterocycles. The first-order chi connectivity index (χ1) is 15.3. The molecule has 1 fully saturated rings. The molecule has 6 nitrogen and oxygen atoms in total. The van der Waals surface area contributed by atoms with Crippen LogP contribution in [0.1, 0.15) is 40.7 Å². The predicted octanol–water partition coefficient (Wildman–Crippen LogP) is 5.36. The van der Waals surface area contributed by atoms with Gasteiger partial charge in [0.1, 0.15) is 17.0 Å². The highest BCUT2D eigenvalue weighted by molar-refractivity contribution is 5.96. The number of pyridine rings is 1. The molecule has 32 heavy (non-hydrogen) atoms. The lowest BCUT2D eigenvalue weighted by molar-refractivity contribution is -0.140. The minimum Gasteiger partial charge on any atom is -0.497 e. The summed E-state index contributed by atoms with van der Waals surface area (Å²) >= 11 is 0. The number of hydrogen-bond acceptors (Lipinski definition) is 4. The molecule has 9 heteroatoms. The van der Waals surface area contributed by atoms with Gasteiger partial charge >= 0.3 is 6.18 Å².